The summed E-state index contributed by atoms with van der Waals surface area (Å²) in [6.45, 7) is 1.48. The van der Waals surface area contributed by atoms with Crippen LogP contribution in [-0.2, 0) is 31.8 Å². The lowest BCUT2D eigenvalue weighted by atomic mass is 9.88. The monoisotopic (exact) mass is 543 g/mol. The zero-order valence-corrected chi connectivity index (χ0v) is 22.0. The van der Waals surface area contributed by atoms with Gasteiger partial charge in [-0.05, 0) is 44.5 Å². The van der Waals surface area contributed by atoms with E-state index in [0.717, 1.165) is 6.42 Å². The molecule has 1 spiro atoms. The average Bonchev–Trinajstić information content (AvgIpc) is 3.48. The smallest absolute Gasteiger partial charge is 0.262 e. The molecule has 0 saturated carbocycles. The molecule has 200 valence electrons. The summed E-state index contributed by atoms with van der Waals surface area (Å²) < 4.78 is 66.4. The maximum Gasteiger partial charge on any atom is 0.262 e. The Hall–Kier alpha value is -2.07. The van der Waals surface area contributed by atoms with Crippen LogP contribution < -0.4 is 14.8 Å². The van der Waals surface area contributed by atoms with Gasteiger partial charge < -0.3 is 19.9 Å². The first-order chi connectivity index (χ1) is 17.0. The number of rotatable bonds is 10. The molecule has 2 fully saturated rings. The predicted molar refractivity (Wildman–Crippen MR) is 130 cm³/mol. The SMILES string of the molecule is CNS(=O)(=O)c1cccc(OCC(O)CNC2COC3(CCN(S(=O)(=O)c4ccn(C)n4)CC3)C2)c1. The van der Waals surface area contributed by atoms with E-state index in [9.17, 15) is 21.9 Å². The van der Waals surface area contributed by atoms with Crippen molar-refractivity contribution in [3.63, 3.8) is 0 Å². The van der Waals surface area contributed by atoms with Crippen molar-refractivity contribution in [2.45, 2.75) is 46.9 Å². The molecule has 2 atom stereocenters. The molecular weight excluding hydrogens is 510 g/mol. The lowest BCUT2D eigenvalue weighted by Crippen LogP contribution is -2.47. The minimum atomic E-state index is -3.62. The normalized spacial score (nSPS) is 21.6. The van der Waals surface area contributed by atoms with Gasteiger partial charge >= 0.3 is 0 Å². The van der Waals surface area contributed by atoms with E-state index in [2.05, 4.69) is 15.1 Å². The average molecular weight is 544 g/mol. The van der Waals surface area contributed by atoms with Crippen molar-refractivity contribution in [2.75, 3.05) is 39.9 Å². The molecule has 2 saturated heterocycles. The van der Waals surface area contributed by atoms with Crippen LogP contribution in [0.15, 0.2) is 46.5 Å². The highest BCUT2D eigenvalue weighted by molar-refractivity contribution is 7.89. The first-order valence-corrected chi connectivity index (χ1v) is 14.7. The summed E-state index contributed by atoms with van der Waals surface area (Å²) >= 11 is 0. The van der Waals surface area contributed by atoms with Gasteiger partial charge in [-0.25, -0.2) is 21.6 Å². The second kappa shape index (κ2) is 10.7. The highest BCUT2D eigenvalue weighted by Gasteiger charge is 2.45. The van der Waals surface area contributed by atoms with Crippen LogP contribution in [0, 0.1) is 0 Å². The van der Waals surface area contributed by atoms with E-state index in [-0.39, 0.29) is 34.7 Å². The number of benzene rings is 1. The largest absolute Gasteiger partial charge is 0.491 e. The predicted octanol–water partition coefficient (Wildman–Crippen LogP) is -0.330. The molecule has 4 rings (SSSR count). The summed E-state index contributed by atoms with van der Waals surface area (Å²) in [6.07, 6.45) is 2.71. The Labute approximate surface area is 211 Å². The molecule has 0 bridgehead atoms. The minimum absolute atomic E-state index is 0.00485. The molecule has 2 aromatic rings. The highest BCUT2D eigenvalue weighted by Crippen LogP contribution is 2.37. The number of piperidine rings is 1. The van der Waals surface area contributed by atoms with Gasteiger partial charge in [0.15, 0.2) is 5.03 Å². The standard InChI is InChI=1S/C22H33N5O7S2/c1-23-35(29,30)20-5-3-4-19(12-20)33-16-18(28)14-24-17-13-22(34-15-17)7-10-27(11-8-22)36(31,32)21-6-9-26(2)25-21/h3-6,9,12,17-18,23-24,28H,7-8,10-11,13-16H2,1-2H3. The van der Waals surface area contributed by atoms with Crippen molar-refractivity contribution in [1.29, 1.82) is 0 Å². The molecule has 3 N–H and O–H groups in total. The van der Waals surface area contributed by atoms with Crippen molar-refractivity contribution >= 4 is 20.0 Å². The van der Waals surface area contributed by atoms with Crippen molar-refractivity contribution in [3.05, 3.63) is 36.5 Å². The fraction of sp³-hybridized carbons (Fsp3) is 0.591. The van der Waals surface area contributed by atoms with Crippen molar-refractivity contribution in [1.82, 2.24) is 24.1 Å². The van der Waals surface area contributed by atoms with Crippen LogP contribution in [0.4, 0.5) is 0 Å². The number of aryl methyl sites for hydroxylation is 1. The zero-order chi connectivity index (χ0) is 26.0. The maximum atomic E-state index is 12.8. The van der Waals surface area contributed by atoms with Crippen LogP contribution in [0.5, 0.6) is 5.75 Å². The van der Waals surface area contributed by atoms with E-state index in [1.165, 1.54) is 34.2 Å². The van der Waals surface area contributed by atoms with Crippen LogP contribution in [0.1, 0.15) is 19.3 Å². The molecule has 0 radical (unpaired) electrons. The number of nitrogens with zero attached hydrogens (tertiary/aromatic N) is 3. The summed E-state index contributed by atoms with van der Waals surface area (Å²) in [7, 11) is -4.18. The second-order valence-corrected chi connectivity index (χ2v) is 13.0. The molecule has 2 unspecified atom stereocenters. The van der Waals surface area contributed by atoms with Gasteiger partial charge in [0.1, 0.15) is 18.5 Å². The summed E-state index contributed by atoms with van der Waals surface area (Å²) in [4.78, 5) is 0.0856. The minimum Gasteiger partial charge on any atom is -0.491 e. The molecule has 0 amide bonds. The highest BCUT2D eigenvalue weighted by atomic mass is 32.2. The van der Waals surface area contributed by atoms with Crippen LogP contribution in [0.2, 0.25) is 0 Å². The number of ether oxygens (including phenoxy) is 2. The summed E-state index contributed by atoms with van der Waals surface area (Å²) in [5.74, 6) is 0.348. The van der Waals surface area contributed by atoms with Crippen molar-refractivity contribution < 1.29 is 31.4 Å². The van der Waals surface area contributed by atoms with Crippen LogP contribution in [0.3, 0.4) is 0 Å². The lowest BCUT2D eigenvalue weighted by Gasteiger charge is -2.37. The van der Waals surface area contributed by atoms with Gasteiger partial charge in [0, 0.05) is 45.0 Å². The fourth-order valence-corrected chi connectivity index (χ4v) is 6.68. The Balaban J connectivity index is 1.22. The van der Waals surface area contributed by atoms with Gasteiger partial charge in [-0.2, -0.15) is 9.40 Å². The Morgan fingerprint density at radius 1 is 1.25 bits per heavy atom. The van der Waals surface area contributed by atoms with Crippen molar-refractivity contribution in [2.24, 2.45) is 7.05 Å². The molecular formula is C22H33N5O7S2. The van der Waals surface area contributed by atoms with Crippen LogP contribution in [-0.4, -0.2) is 93.7 Å². The van der Waals surface area contributed by atoms with Gasteiger partial charge in [-0.3, -0.25) is 4.68 Å². The van der Waals surface area contributed by atoms with Crippen molar-refractivity contribution in [3.8, 4) is 5.75 Å². The van der Waals surface area contributed by atoms with Crippen LogP contribution >= 0.6 is 0 Å². The molecule has 3 heterocycles. The van der Waals surface area contributed by atoms with E-state index in [4.69, 9.17) is 9.47 Å². The van der Waals surface area contributed by atoms with E-state index in [0.29, 0.717) is 38.3 Å². The Morgan fingerprint density at radius 3 is 2.67 bits per heavy atom. The van der Waals surface area contributed by atoms with Gasteiger partial charge in [0.2, 0.25) is 10.0 Å². The molecule has 36 heavy (non-hydrogen) atoms. The summed E-state index contributed by atoms with van der Waals surface area (Å²) in [5.41, 5.74) is -0.380. The first-order valence-electron chi connectivity index (χ1n) is 11.7. The number of hydrogen-bond acceptors (Lipinski definition) is 9. The molecule has 2 aliphatic heterocycles. The van der Waals surface area contributed by atoms with Gasteiger partial charge in [-0.1, -0.05) is 6.07 Å². The fourth-order valence-electron chi connectivity index (χ4n) is 4.52. The Bertz CT molecular complexity index is 1260. The molecule has 1 aromatic carbocycles. The number of aromatic nitrogens is 2. The third-order valence-corrected chi connectivity index (χ3v) is 9.81. The van der Waals surface area contributed by atoms with E-state index in [1.54, 1.807) is 25.4 Å². The first kappa shape index (κ1) is 27.0. The Kier molecular flexibility index (Phi) is 8.04. The second-order valence-electron chi connectivity index (χ2n) is 9.18. The molecule has 2 aliphatic rings. The third-order valence-electron chi connectivity index (χ3n) is 6.61. The number of nitrogens with one attached hydrogen (secondary N) is 2. The maximum absolute atomic E-state index is 12.8. The topological polar surface area (TPSA) is 152 Å². The number of aliphatic hydroxyl groups excluding tert-OH is 1. The quantitative estimate of drug-likeness (QED) is 0.366. The summed E-state index contributed by atoms with van der Waals surface area (Å²) in [5, 5.41) is 17.7. The van der Waals surface area contributed by atoms with Gasteiger partial charge in [0.25, 0.3) is 10.0 Å². The van der Waals surface area contributed by atoms with E-state index < -0.39 is 26.2 Å². The molecule has 1 aromatic heterocycles. The van der Waals surface area contributed by atoms with Gasteiger partial charge in [-0.15, -0.1) is 0 Å². The van der Waals surface area contributed by atoms with E-state index in [1.807, 2.05) is 0 Å². The Morgan fingerprint density at radius 2 is 2.00 bits per heavy atom. The van der Waals surface area contributed by atoms with Crippen LogP contribution in [0.25, 0.3) is 0 Å². The number of hydrogen-bond donors (Lipinski definition) is 3. The number of aliphatic hydroxyl groups is 1. The van der Waals surface area contributed by atoms with E-state index >= 15 is 0 Å². The lowest BCUT2D eigenvalue weighted by molar-refractivity contribution is -0.0312. The molecule has 14 heteroatoms. The molecule has 0 aliphatic carbocycles. The number of sulfonamides is 2. The zero-order valence-electron chi connectivity index (χ0n) is 20.3. The van der Waals surface area contributed by atoms with Gasteiger partial charge in [0.05, 0.1) is 17.1 Å². The summed E-state index contributed by atoms with van der Waals surface area (Å²) in [6, 6.07) is 7.60. The molecule has 12 nitrogen and oxygen atoms in total. The third kappa shape index (κ3) is 6.07.